The molecule has 1 fully saturated rings. The molecule has 2 heterocycles. The summed E-state index contributed by atoms with van der Waals surface area (Å²) in [6.45, 7) is 1.97. The van der Waals surface area contributed by atoms with Crippen LogP contribution in [0.25, 0.3) is 0 Å². The van der Waals surface area contributed by atoms with E-state index in [0.717, 1.165) is 49.9 Å². The molecule has 2 amide bonds. The van der Waals surface area contributed by atoms with Crippen LogP contribution in [0.4, 0.5) is 5.69 Å². The third kappa shape index (κ3) is 4.70. The number of aromatic nitrogens is 2. The van der Waals surface area contributed by atoms with Crippen molar-refractivity contribution < 1.29 is 9.59 Å². The zero-order valence-electron chi connectivity index (χ0n) is 18.8. The van der Waals surface area contributed by atoms with Crippen molar-refractivity contribution >= 4 is 17.5 Å². The molecule has 0 saturated heterocycles. The Hall–Kier alpha value is -3.41. The number of benzene rings is 2. The van der Waals surface area contributed by atoms with E-state index < -0.39 is 0 Å². The molecule has 0 unspecified atom stereocenters. The number of anilines is 1. The fourth-order valence-corrected chi connectivity index (χ4v) is 5.18. The molecular formula is C27H30N4O2. The lowest BCUT2D eigenvalue weighted by Crippen LogP contribution is -2.45. The molecule has 0 spiro atoms. The minimum Gasteiger partial charge on any atom is -0.352 e. The molecule has 0 bridgehead atoms. The van der Waals surface area contributed by atoms with Crippen LogP contribution in [0.2, 0.25) is 0 Å². The number of hydrogen-bond acceptors (Lipinski definition) is 3. The van der Waals surface area contributed by atoms with Gasteiger partial charge < -0.3 is 14.8 Å². The normalized spacial score (nSPS) is 19.8. The van der Waals surface area contributed by atoms with Gasteiger partial charge in [-0.1, -0.05) is 55.3 Å². The number of fused-ring (bicyclic) bond motifs is 1. The van der Waals surface area contributed by atoms with E-state index in [1.807, 2.05) is 33.9 Å². The van der Waals surface area contributed by atoms with E-state index in [4.69, 9.17) is 0 Å². The summed E-state index contributed by atoms with van der Waals surface area (Å²) in [5.74, 6) is -0.367. The van der Waals surface area contributed by atoms with Crippen molar-refractivity contribution in [2.24, 2.45) is 11.8 Å². The predicted molar refractivity (Wildman–Crippen MR) is 128 cm³/mol. The van der Waals surface area contributed by atoms with Crippen LogP contribution in [0.1, 0.15) is 42.4 Å². The topological polar surface area (TPSA) is 67.2 Å². The number of rotatable bonds is 6. The second kappa shape index (κ2) is 9.61. The van der Waals surface area contributed by atoms with Gasteiger partial charge in [0.25, 0.3) is 0 Å². The maximum Gasteiger partial charge on any atom is 0.230 e. The van der Waals surface area contributed by atoms with Gasteiger partial charge in [0, 0.05) is 43.6 Å². The molecule has 2 atom stereocenters. The minimum atomic E-state index is -0.250. The number of nitrogens with one attached hydrogen (secondary N) is 1. The van der Waals surface area contributed by atoms with Crippen molar-refractivity contribution in [1.29, 1.82) is 0 Å². The van der Waals surface area contributed by atoms with Crippen LogP contribution in [0.5, 0.6) is 0 Å². The molecule has 1 N–H and O–H groups in total. The highest BCUT2D eigenvalue weighted by molar-refractivity contribution is 5.99. The number of carbonyl (C=O) groups is 2. The zero-order valence-corrected chi connectivity index (χ0v) is 18.8. The fraction of sp³-hybridized carbons (Fsp3) is 0.370. The van der Waals surface area contributed by atoms with Crippen LogP contribution in [0.3, 0.4) is 0 Å². The molecule has 3 aromatic rings. The summed E-state index contributed by atoms with van der Waals surface area (Å²) in [5.41, 5.74) is 4.49. The number of imidazole rings is 1. The first-order valence-electron chi connectivity index (χ1n) is 11.9. The van der Waals surface area contributed by atoms with Gasteiger partial charge in [-0.3, -0.25) is 9.59 Å². The third-order valence-corrected chi connectivity index (χ3v) is 6.99. The molecule has 1 aliphatic heterocycles. The van der Waals surface area contributed by atoms with E-state index >= 15 is 0 Å². The standard InChI is InChI=1S/C27H30N4O2/c32-26(29-17-20-9-11-21(12-10-20)18-30-16-14-28-19-30)23-6-2-3-7-24(23)27(33)31-15-13-22-5-1-4-8-25(22)31/h1,4-5,8-12,14,16,19,23-24H,2-3,6-7,13,15,17-18H2,(H,29,32)/t23-,24+/m1/s1. The SMILES string of the molecule is O=C(NCc1ccc(Cn2ccnc2)cc1)[C@@H]1CCCC[C@@H]1C(=O)N1CCc2ccccc21. The van der Waals surface area contributed by atoms with Crippen molar-refractivity contribution in [3.05, 3.63) is 83.9 Å². The van der Waals surface area contributed by atoms with Gasteiger partial charge in [-0.15, -0.1) is 0 Å². The van der Waals surface area contributed by atoms with E-state index in [1.54, 1.807) is 12.5 Å². The molecule has 6 heteroatoms. The number of hydrogen-bond donors (Lipinski definition) is 1. The smallest absolute Gasteiger partial charge is 0.230 e. The minimum absolute atomic E-state index is 0.00280. The lowest BCUT2D eigenvalue weighted by atomic mass is 9.77. The second-order valence-electron chi connectivity index (χ2n) is 9.14. The molecule has 1 aromatic heterocycles. The lowest BCUT2D eigenvalue weighted by Gasteiger charge is -2.32. The first-order valence-corrected chi connectivity index (χ1v) is 11.9. The number of para-hydroxylation sites is 1. The average Bonchev–Trinajstić information content (AvgIpc) is 3.53. The van der Waals surface area contributed by atoms with Crippen molar-refractivity contribution in [1.82, 2.24) is 14.9 Å². The van der Waals surface area contributed by atoms with Gasteiger partial charge >= 0.3 is 0 Å². The molecule has 6 nitrogen and oxygen atoms in total. The van der Waals surface area contributed by atoms with Crippen LogP contribution >= 0.6 is 0 Å². The summed E-state index contributed by atoms with van der Waals surface area (Å²) in [7, 11) is 0. The molecule has 0 radical (unpaired) electrons. The van der Waals surface area contributed by atoms with Crippen molar-refractivity contribution in [2.75, 3.05) is 11.4 Å². The molecule has 170 valence electrons. The lowest BCUT2D eigenvalue weighted by molar-refractivity contribution is -0.135. The third-order valence-electron chi connectivity index (χ3n) is 6.99. The molecule has 2 aliphatic rings. The Kier molecular flexibility index (Phi) is 6.24. The molecular weight excluding hydrogens is 412 g/mol. The predicted octanol–water partition coefficient (Wildman–Crippen LogP) is 3.94. The van der Waals surface area contributed by atoms with Crippen LogP contribution in [-0.2, 0) is 29.1 Å². The number of carbonyl (C=O) groups excluding carboxylic acids is 2. The van der Waals surface area contributed by atoms with Crippen molar-refractivity contribution in [3.63, 3.8) is 0 Å². The first-order chi connectivity index (χ1) is 16.2. The maximum absolute atomic E-state index is 13.5. The number of amides is 2. The first kappa shape index (κ1) is 21.4. The van der Waals surface area contributed by atoms with Crippen LogP contribution in [0.15, 0.2) is 67.3 Å². The van der Waals surface area contributed by atoms with E-state index in [2.05, 4.69) is 40.6 Å². The van der Waals surface area contributed by atoms with E-state index in [-0.39, 0.29) is 23.7 Å². The van der Waals surface area contributed by atoms with E-state index in [9.17, 15) is 9.59 Å². The molecule has 1 aliphatic carbocycles. The quantitative estimate of drug-likeness (QED) is 0.629. The average molecular weight is 443 g/mol. The highest BCUT2D eigenvalue weighted by Gasteiger charge is 2.39. The largest absolute Gasteiger partial charge is 0.352 e. The summed E-state index contributed by atoms with van der Waals surface area (Å²) in [6.07, 6.45) is 9.99. The van der Waals surface area contributed by atoms with Crippen LogP contribution < -0.4 is 10.2 Å². The van der Waals surface area contributed by atoms with Gasteiger partial charge in [-0.25, -0.2) is 4.98 Å². The highest BCUT2D eigenvalue weighted by Crippen LogP contribution is 2.36. The Morgan fingerprint density at radius 3 is 2.52 bits per heavy atom. The van der Waals surface area contributed by atoms with Gasteiger partial charge in [0.1, 0.15) is 0 Å². The molecule has 2 aromatic carbocycles. The van der Waals surface area contributed by atoms with Gasteiger partial charge in [-0.05, 0) is 42.0 Å². The van der Waals surface area contributed by atoms with Gasteiger partial charge in [0.05, 0.1) is 12.2 Å². The van der Waals surface area contributed by atoms with Crippen molar-refractivity contribution in [3.8, 4) is 0 Å². The van der Waals surface area contributed by atoms with Crippen LogP contribution in [-0.4, -0.2) is 27.9 Å². The summed E-state index contributed by atoms with van der Waals surface area (Å²) < 4.78 is 2.02. The summed E-state index contributed by atoms with van der Waals surface area (Å²) >= 11 is 0. The number of nitrogens with zero attached hydrogens (tertiary/aromatic N) is 3. The molecule has 33 heavy (non-hydrogen) atoms. The van der Waals surface area contributed by atoms with Crippen LogP contribution in [0, 0.1) is 11.8 Å². The summed E-state index contributed by atoms with van der Waals surface area (Å²) in [4.78, 5) is 32.6. The fourth-order valence-electron chi connectivity index (χ4n) is 5.18. The zero-order chi connectivity index (χ0) is 22.6. The van der Waals surface area contributed by atoms with Crippen molar-refractivity contribution in [2.45, 2.75) is 45.2 Å². The highest BCUT2D eigenvalue weighted by atomic mass is 16.2. The van der Waals surface area contributed by atoms with E-state index in [0.29, 0.717) is 13.1 Å². The van der Waals surface area contributed by atoms with Gasteiger partial charge in [-0.2, -0.15) is 0 Å². The van der Waals surface area contributed by atoms with E-state index in [1.165, 1.54) is 11.1 Å². The molecule has 5 rings (SSSR count). The summed E-state index contributed by atoms with van der Waals surface area (Å²) in [6, 6.07) is 16.4. The molecule has 1 saturated carbocycles. The van der Waals surface area contributed by atoms with Gasteiger partial charge in [0.15, 0.2) is 0 Å². The second-order valence-corrected chi connectivity index (χ2v) is 9.14. The Morgan fingerprint density at radius 1 is 0.970 bits per heavy atom. The Bertz CT molecular complexity index is 1110. The summed E-state index contributed by atoms with van der Waals surface area (Å²) in [5, 5.41) is 3.10. The van der Waals surface area contributed by atoms with Gasteiger partial charge in [0.2, 0.25) is 11.8 Å². The Morgan fingerprint density at radius 2 is 1.73 bits per heavy atom. The maximum atomic E-state index is 13.5. The monoisotopic (exact) mass is 442 g/mol. The Balaban J connectivity index is 1.21. The Labute approximate surface area is 194 Å².